The van der Waals surface area contributed by atoms with Crippen LogP contribution in [0.3, 0.4) is 0 Å². The van der Waals surface area contributed by atoms with Crippen molar-refractivity contribution in [2.45, 2.75) is 38.4 Å². The Hall–Kier alpha value is -2.06. The van der Waals surface area contributed by atoms with Crippen LogP contribution in [-0.2, 0) is 30.7 Å². The molecule has 1 fully saturated rings. The maximum absolute atomic E-state index is 13.2. The highest BCUT2D eigenvalue weighted by molar-refractivity contribution is 7.18. The Balaban J connectivity index is 1.29. The molecule has 0 amide bonds. The van der Waals surface area contributed by atoms with E-state index in [1.807, 2.05) is 6.07 Å². The third-order valence-electron chi connectivity index (χ3n) is 6.23. The van der Waals surface area contributed by atoms with Gasteiger partial charge >= 0.3 is 0 Å². The topological polar surface area (TPSA) is 59.4 Å². The maximum atomic E-state index is 13.2. The number of fused-ring (bicyclic) bond motifs is 3. The molecule has 1 aromatic carbocycles. The van der Waals surface area contributed by atoms with Gasteiger partial charge in [0.25, 0.3) is 5.56 Å². The smallest absolute Gasteiger partial charge is 0.262 e. The van der Waals surface area contributed by atoms with Gasteiger partial charge in [0.15, 0.2) is 0 Å². The molecule has 1 aliphatic heterocycles. The first-order chi connectivity index (χ1) is 14.8. The third-order valence-corrected chi connectivity index (χ3v) is 7.40. The fraction of sp³-hybridized carbons (Fsp3) is 0.478. The molecule has 1 saturated heterocycles. The zero-order valence-corrected chi connectivity index (χ0v) is 18.0. The first-order valence-corrected chi connectivity index (χ1v) is 11.7. The van der Waals surface area contributed by atoms with Crippen LogP contribution in [0.25, 0.3) is 10.2 Å². The summed E-state index contributed by atoms with van der Waals surface area (Å²) in [7, 11) is 0. The number of thiophene rings is 1. The van der Waals surface area contributed by atoms with E-state index in [1.165, 1.54) is 16.0 Å². The molecule has 6 nitrogen and oxygen atoms in total. The Kier molecular flexibility index (Phi) is 5.95. The minimum absolute atomic E-state index is 0.126. The summed E-state index contributed by atoms with van der Waals surface area (Å²) in [4.78, 5) is 22.4. The highest BCUT2D eigenvalue weighted by Gasteiger charge is 2.25. The number of hydrogen-bond acceptors (Lipinski definition) is 6. The van der Waals surface area contributed by atoms with Gasteiger partial charge < -0.3 is 10.1 Å². The molecule has 0 unspecified atom stereocenters. The highest BCUT2D eigenvalue weighted by Crippen LogP contribution is 2.33. The lowest BCUT2D eigenvalue weighted by Crippen LogP contribution is -2.39. The molecule has 158 valence electrons. The predicted octanol–water partition coefficient (Wildman–Crippen LogP) is 2.44. The largest absolute Gasteiger partial charge is 0.379 e. The van der Waals surface area contributed by atoms with Crippen LogP contribution in [0.5, 0.6) is 0 Å². The van der Waals surface area contributed by atoms with Gasteiger partial charge in [-0.05, 0) is 30.4 Å². The van der Waals surface area contributed by atoms with Crippen molar-refractivity contribution in [2.75, 3.05) is 32.8 Å². The number of nitrogens with one attached hydrogen (secondary N) is 1. The summed E-state index contributed by atoms with van der Waals surface area (Å²) in [5, 5.41) is 4.55. The SMILES string of the molecule is O=c1c2c3c(sc2ncn1CCN1CCOCC1)C[C@H](NCc1ccccc1)CC3. The second kappa shape index (κ2) is 8.98. The molecule has 3 aromatic rings. The molecule has 0 bridgehead atoms. The van der Waals surface area contributed by atoms with Gasteiger partial charge in [0.05, 0.1) is 24.9 Å². The van der Waals surface area contributed by atoms with E-state index in [0.717, 1.165) is 68.9 Å². The van der Waals surface area contributed by atoms with Gasteiger partial charge in [-0.25, -0.2) is 4.98 Å². The maximum Gasteiger partial charge on any atom is 0.262 e. The van der Waals surface area contributed by atoms with Gasteiger partial charge in [-0.15, -0.1) is 11.3 Å². The summed E-state index contributed by atoms with van der Waals surface area (Å²) < 4.78 is 7.21. The molecule has 0 spiro atoms. The summed E-state index contributed by atoms with van der Waals surface area (Å²) in [6.07, 6.45) is 4.73. The number of aryl methyl sites for hydroxylation is 1. The lowest BCUT2D eigenvalue weighted by Gasteiger charge is -2.26. The van der Waals surface area contributed by atoms with Crippen molar-refractivity contribution in [1.82, 2.24) is 19.8 Å². The van der Waals surface area contributed by atoms with Gasteiger partial charge in [-0.2, -0.15) is 0 Å². The van der Waals surface area contributed by atoms with Crippen molar-refractivity contribution < 1.29 is 4.74 Å². The molecular formula is C23H28N4O2S. The van der Waals surface area contributed by atoms with Crippen LogP contribution in [0.15, 0.2) is 41.5 Å². The Morgan fingerprint density at radius 1 is 1.17 bits per heavy atom. The third kappa shape index (κ3) is 4.21. The van der Waals surface area contributed by atoms with Crippen LogP contribution in [0.4, 0.5) is 0 Å². The summed E-state index contributed by atoms with van der Waals surface area (Å²) in [6.45, 7) is 5.89. The fourth-order valence-electron chi connectivity index (χ4n) is 4.47. The molecule has 0 saturated carbocycles. The molecular weight excluding hydrogens is 396 g/mol. The van der Waals surface area contributed by atoms with Crippen LogP contribution < -0.4 is 10.9 Å². The normalized spacial score (nSPS) is 19.8. The molecule has 7 heteroatoms. The zero-order valence-electron chi connectivity index (χ0n) is 17.2. The minimum Gasteiger partial charge on any atom is -0.379 e. The number of morpholine rings is 1. The second-order valence-electron chi connectivity index (χ2n) is 8.19. The highest BCUT2D eigenvalue weighted by atomic mass is 32.1. The van der Waals surface area contributed by atoms with Crippen LogP contribution in [0.2, 0.25) is 0 Å². The molecule has 0 radical (unpaired) electrons. The van der Waals surface area contributed by atoms with Crippen LogP contribution in [-0.4, -0.2) is 53.3 Å². The van der Waals surface area contributed by atoms with E-state index in [-0.39, 0.29) is 5.56 Å². The molecule has 3 heterocycles. The molecule has 5 rings (SSSR count). The first-order valence-electron chi connectivity index (χ1n) is 10.8. The molecule has 1 atom stereocenters. The second-order valence-corrected chi connectivity index (χ2v) is 9.27. The van der Waals surface area contributed by atoms with Gasteiger partial charge in [-0.3, -0.25) is 14.3 Å². The Bertz CT molecular complexity index is 1060. The van der Waals surface area contributed by atoms with Crippen molar-refractivity contribution in [3.63, 3.8) is 0 Å². The van der Waals surface area contributed by atoms with Gasteiger partial charge in [0, 0.05) is 43.6 Å². The van der Waals surface area contributed by atoms with E-state index in [4.69, 9.17) is 4.74 Å². The Morgan fingerprint density at radius 2 is 2.00 bits per heavy atom. The number of nitrogens with zero attached hydrogens (tertiary/aromatic N) is 3. The summed E-state index contributed by atoms with van der Waals surface area (Å²) in [6, 6.07) is 11.0. The standard InChI is InChI=1S/C23H28N4O2S/c28-23-21-19-7-6-18(24-15-17-4-2-1-3-5-17)14-20(19)30-22(21)25-16-27(23)9-8-26-10-12-29-13-11-26/h1-5,16,18,24H,6-15H2/t18-/m1/s1. The monoisotopic (exact) mass is 424 g/mol. The number of hydrogen-bond donors (Lipinski definition) is 1. The lowest BCUT2D eigenvalue weighted by molar-refractivity contribution is 0.0362. The molecule has 2 aromatic heterocycles. The quantitative estimate of drug-likeness (QED) is 0.659. The average molecular weight is 425 g/mol. The zero-order chi connectivity index (χ0) is 20.3. The van der Waals surface area contributed by atoms with E-state index in [9.17, 15) is 4.79 Å². The molecule has 1 aliphatic carbocycles. The van der Waals surface area contributed by atoms with E-state index < -0.39 is 0 Å². The van der Waals surface area contributed by atoms with E-state index in [0.29, 0.717) is 12.6 Å². The van der Waals surface area contributed by atoms with Crippen LogP contribution in [0.1, 0.15) is 22.4 Å². The number of benzene rings is 1. The fourth-order valence-corrected chi connectivity index (χ4v) is 5.72. The van der Waals surface area contributed by atoms with E-state index in [1.54, 1.807) is 22.2 Å². The van der Waals surface area contributed by atoms with Crippen molar-refractivity contribution in [3.05, 3.63) is 63.0 Å². The first kappa shape index (κ1) is 19.9. The van der Waals surface area contributed by atoms with Crippen molar-refractivity contribution in [2.24, 2.45) is 0 Å². The molecule has 1 N–H and O–H groups in total. The summed E-state index contributed by atoms with van der Waals surface area (Å²) in [5.74, 6) is 0. The van der Waals surface area contributed by atoms with Crippen molar-refractivity contribution in [3.8, 4) is 0 Å². The van der Waals surface area contributed by atoms with Gasteiger partial charge in [0.2, 0.25) is 0 Å². The number of ether oxygens (including phenoxy) is 1. The predicted molar refractivity (Wildman–Crippen MR) is 120 cm³/mol. The number of rotatable bonds is 6. The Morgan fingerprint density at radius 3 is 2.83 bits per heavy atom. The van der Waals surface area contributed by atoms with Crippen molar-refractivity contribution >= 4 is 21.6 Å². The van der Waals surface area contributed by atoms with E-state index >= 15 is 0 Å². The van der Waals surface area contributed by atoms with Gasteiger partial charge in [0.1, 0.15) is 4.83 Å². The van der Waals surface area contributed by atoms with E-state index in [2.05, 4.69) is 39.5 Å². The summed E-state index contributed by atoms with van der Waals surface area (Å²) in [5.41, 5.74) is 2.68. The Labute approximate surface area is 180 Å². The van der Waals surface area contributed by atoms with Gasteiger partial charge in [-0.1, -0.05) is 30.3 Å². The molecule has 30 heavy (non-hydrogen) atoms. The number of aromatic nitrogens is 2. The van der Waals surface area contributed by atoms with Crippen LogP contribution >= 0.6 is 11.3 Å². The lowest BCUT2D eigenvalue weighted by atomic mass is 9.93. The molecule has 2 aliphatic rings. The minimum atomic E-state index is 0.126. The average Bonchev–Trinajstić information content (AvgIpc) is 3.17. The summed E-state index contributed by atoms with van der Waals surface area (Å²) >= 11 is 1.70. The van der Waals surface area contributed by atoms with Crippen LogP contribution in [0, 0.1) is 0 Å². The van der Waals surface area contributed by atoms with Crippen molar-refractivity contribution in [1.29, 1.82) is 0 Å².